The molecule has 0 radical (unpaired) electrons. The maximum Gasteiger partial charge on any atom is 0.316 e. The van der Waals surface area contributed by atoms with E-state index in [0.29, 0.717) is 17.5 Å². The predicted octanol–water partition coefficient (Wildman–Crippen LogP) is 1.73. The molecule has 0 saturated carbocycles. The Balaban J connectivity index is 1.80. The first-order chi connectivity index (χ1) is 14.2. The number of thiophene rings is 1. The van der Waals surface area contributed by atoms with Crippen LogP contribution in [0.4, 0.5) is 0 Å². The Morgan fingerprint density at radius 3 is 2.37 bits per heavy atom. The van der Waals surface area contributed by atoms with Crippen LogP contribution in [0.3, 0.4) is 0 Å². The van der Waals surface area contributed by atoms with Gasteiger partial charge < -0.3 is 14.5 Å². The summed E-state index contributed by atoms with van der Waals surface area (Å²) in [5.74, 6) is -0.695. The summed E-state index contributed by atoms with van der Waals surface area (Å²) in [5.41, 5.74) is -0.650. The van der Waals surface area contributed by atoms with Crippen LogP contribution >= 0.6 is 11.3 Å². The summed E-state index contributed by atoms with van der Waals surface area (Å²) in [6, 6.07) is 7.94. The minimum absolute atomic E-state index is 0.00162. The average Bonchev–Trinajstić information content (AvgIpc) is 3.27. The second-order valence-corrected chi connectivity index (χ2v) is 10.1. The molecule has 160 valence electrons. The molecule has 30 heavy (non-hydrogen) atoms. The number of rotatable bonds is 7. The van der Waals surface area contributed by atoms with Gasteiger partial charge in [0.05, 0.1) is 27.7 Å². The van der Waals surface area contributed by atoms with Gasteiger partial charge in [-0.25, -0.2) is 8.42 Å². The van der Waals surface area contributed by atoms with Crippen molar-refractivity contribution in [3.05, 3.63) is 61.3 Å². The molecule has 0 fully saturated rings. The van der Waals surface area contributed by atoms with Crippen LogP contribution in [0, 0.1) is 0 Å². The van der Waals surface area contributed by atoms with Crippen molar-refractivity contribution in [3.8, 4) is 0 Å². The summed E-state index contributed by atoms with van der Waals surface area (Å²) >= 11 is 1.54. The van der Waals surface area contributed by atoms with E-state index < -0.39 is 21.0 Å². The third-order valence-electron chi connectivity index (χ3n) is 5.05. The smallest absolute Gasteiger partial charge is 0.316 e. The van der Waals surface area contributed by atoms with Gasteiger partial charge in [0.15, 0.2) is 9.84 Å². The Hall–Kier alpha value is -2.72. The molecular formula is C20H23N3O5S2. The van der Waals surface area contributed by atoms with E-state index in [4.69, 9.17) is 0 Å². The molecule has 0 aliphatic carbocycles. The van der Waals surface area contributed by atoms with Gasteiger partial charge in [-0.1, -0.05) is 13.0 Å². The molecule has 0 spiro atoms. The van der Waals surface area contributed by atoms with Crippen molar-refractivity contribution in [2.45, 2.75) is 30.7 Å². The van der Waals surface area contributed by atoms with Gasteiger partial charge >= 0.3 is 11.1 Å². The fraction of sp³-hybridized carbons (Fsp3) is 0.350. The summed E-state index contributed by atoms with van der Waals surface area (Å²) in [7, 11) is -0.874. The van der Waals surface area contributed by atoms with Crippen molar-refractivity contribution in [2.24, 2.45) is 14.1 Å². The Morgan fingerprint density at radius 1 is 1.10 bits per heavy atom. The molecule has 3 rings (SSSR count). The van der Waals surface area contributed by atoms with Gasteiger partial charge in [0.2, 0.25) is 5.91 Å². The lowest BCUT2D eigenvalue weighted by molar-refractivity contribution is -0.121. The number of sulfone groups is 1. The molecule has 1 atom stereocenters. The van der Waals surface area contributed by atoms with Gasteiger partial charge in [-0.2, -0.15) is 0 Å². The number of nitrogens with one attached hydrogen (secondary N) is 1. The molecular weight excluding hydrogens is 426 g/mol. The first-order valence-electron chi connectivity index (χ1n) is 9.41. The fourth-order valence-electron chi connectivity index (χ4n) is 3.23. The van der Waals surface area contributed by atoms with Crippen LogP contribution in [0.1, 0.15) is 30.7 Å². The first kappa shape index (κ1) is 22.0. The van der Waals surface area contributed by atoms with E-state index in [1.807, 2.05) is 24.4 Å². The number of aryl methyl sites for hydroxylation is 2. The molecule has 8 nitrogen and oxygen atoms in total. The van der Waals surface area contributed by atoms with E-state index in [9.17, 15) is 22.8 Å². The number of nitrogens with zero attached hydrogens (tertiary/aromatic N) is 2. The Kier molecular flexibility index (Phi) is 6.27. The highest BCUT2D eigenvalue weighted by molar-refractivity contribution is 7.91. The molecule has 2 aromatic heterocycles. The van der Waals surface area contributed by atoms with Crippen LogP contribution in [-0.4, -0.2) is 29.2 Å². The zero-order valence-corrected chi connectivity index (χ0v) is 18.5. The van der Waals surface area contributed by atoms with Crippen LogP contribution in [-0.2, 0) is 28.7 Å². The number of fused-ring (bicyclic) bond motifs is 1. The topological polar surface area (TPSA) is 107 Å². The lowest BCUT2D eigenvalue weighted by atomic mass is 10.2. The van der Waals surface area contributed by atoms with Crippen molar-refractivity contribution >= 4 is 38.1 Å². The second kappa shape index (κ2) is 8.57. The standard InChI is InChI=1S/C20H23N3O5S2/c1-4-14(17-6-5-10-29-17)21-18(24)9-11-30(27,28)13-7-8-15-16(12-13)23(3)20(26)19(25)22(15)2/h5-8,10,12,14H,4,9,11H2,1-3H3,(H,21,24)/t14-/m1/s1. The highest BCUT2D eigenvalue weighted by atomic mass is 32.2. The Bertz CT molecular complexity index is 1300. The molecule has 10 heteroatoms. The highest BCUT2D eigenvalue weighted by Crippen LogP contribution is 2.22. The highest BCUT2D eigenvalue weighted by Gasteiger charge is 2.20. The third-order valence-corrected chi connectivity index (χ3v) is 7.75. The Labute approximate surface area is 177 Å². The van der Waals surface area contributed by atoms with Crippen LogP contribution in [0.5, 0.6) is 0 Å². The molecule has 0 aliphatic rings. The SMILES string of the molecule is CC[C@@H](NC(=O)CCS(=O)(=O)c1ccc2c(c1)n(C)c(=O)c(=O)n2C)c1cccs1. The quantitative estimate of drug-likeness (QED) is 0.553. The summed E-state index contributed by atoms with van der Waals surface area (Å²) in [4.78, 5) is 37.3. The third kappa shape index (κ3) is 4.24. The fourth-order valence-corrected chi connectivity index (χ4v) is 5.35. The monoisotopic (exact) mass is 449 g/mol. The van der Waals surface area contributed by atoms with E-state index in [1.165, 1.54) is 48.2 Å². The maximum atomic E-state index is 12.8. The van der Waals surface area contributed by atoms with Crippen molar-refractivity contribution in [3.63, 3.8) is 0 Å². The number of carbonyl (C=O) groups is 1. The lowest BCUT2D eigenvalue weighted by Gasteiger charge is -2.15. The second-order valence-electron chi connectivity index (χ2n) is 6.99. The van der Waals surface area contributed by atoms with Crippen LogP contribution in [0.2, 0.25) is 0 Å². The zero-order chi connectivity index (χ0) is 22.1. The summed E-state index contributed by atoms with van der Waals surface area (Å²) in [5, 5.41) is 4.80. The summed E-state index contributed by atoms with van der Waals surface area (Å²) in [6.45, 7) is 1.95. The molecule has 1 aromatic carbocycles. The van der Waals surface area contributed by atoms with Gasteiger partial charge in [-0.3, -0.25) is 14.4 Å². The summed E-state index contributed by atoms with van der Waals surface area (Å²) < 4.78 is 27.9. The molecule has 1 amide bonds. The predicted molar refractivity (Wildman–Crippen MR) is 117 cm³/mol. The van der Waals surface area contributed by atoms with Gasteiger partial charge in [0, 0.05) is 25.4 Å². The lowest BCUT2D eigenvalue weighted by Crippen LogP contribution is -2.39. The molecule has 2 heterocycles. The molecule has 3 aromatic rings. The minimum atomic E-state index is -3.76. The van der Waals surface area contributed by atoms with Crippen molar-refractivity contribution in [1.29, 1.82) is 0 Å². The number of hydrogen-bond donors (Lipinski definition) is 1. The van der Waals surface area contributed by atoms with E-state index in [-0.39, 0.29) is 29.0 Å². The van der Waals surface area contributed by atoms with Gasteiger partial charge in [0.1, 0.15) is 0 Å². The van der Waals surface area contributed by atoms with E-state index >= 15 is 0 Å². The molecule has 0 unspecified atom stereocenters. The number of benzene rings is 1. The van der Waals surface area contributed by atoms with Gasteiger partial charge in [-0.05, 0) is 36.1 Å². The van der Waals surface area contributed by atoms with Crippen LogP contribution < -0.4 is 16.4 Å². The normalized spacial score (nSPS) is 12.8. The van der Waals surface area contributed by atoms with Crippen LogP contribution in [0.25, 0.3) is 11.0 Å². The minimum Gasteiger partial charge on any atom is -0.348 e. The molecule has 0 aliphatic heterocycles. The Morgan fingerprint density at radius 2 is 1.77 bits per heavy atom. The van der Waals surface area contributed by atoms with Crippen LogP contribution in [0.15, 0.2) is 50.2 Å². The van der Waals surface area contributed by atoms with E-state index in [0.717, 1.165) is 9.44 Å². The first-order valence-corrected chi connectivity index (χ1v) is 11.9. The van der Waals surface area contributed by atoms with Crippen molar-refractivity contribution < 1.29 is 13.2 Å². The van der Waals surface area contributed by atoms with Crippen molar-refractivity contribution in [2.75, 3.05) is 5.75 Å². The molecule has 0 saturated heterocycles. The molecule has 1 N–H and O–H groups in total. The number of amides is 1. The number of hydrogen-bond acceptors (Lipinski definition) is 6. The van der Waals surface area contributed by atoms with E-state index in [1.54, 1.807) is 0 Å². The maximum absolute atomic E-state index is 12.8. The number of aromatic nitrogens is 2. The molecule has 0 bridgehead atoms. The zero-order valence-electron chi connectivity index (χ0n) is 16.9. The van der Waals surface area contributed by atoms with Gasteiger partial charge in [0.25, 0.3) is 0 Å². The average molecular weight is 450 g/mol. The van der Waals surface area contributed by atoms with E-state index in [2.05, 4.69) is 5.32 Å². The van der Waals surface area contributed by atoms with Gasteiger partial charge in [-0.15, -0.1) is 11.3 Å². The number of carbonyl (C=O) groups excluding carboxylic acids is 1. The largest absolute Gasteiger partial charge is 0.348 e. The van der Waals surface area contributed by atoms with Crippen molar-refractivity contribution in [1.82, 2.24) is 14.5 Å². The summed E-state index contributed by atoms with van der Waals surface area (Å²) in [6.07, 6.45) is 0.533.